The first kappa shape index (κ1) is 13.9. The second-order valence-electron chi connectivity index (χ2n) is 4.88. The Morgan fingerprint density at radius 1 is 1.42 bits per heavy atom. The first-order chi connectivity index (χ1) is 9.24. The van der Waals surface area contributed by atoms with Crippen LogP contribution in [0.25, 0.3) is 0 Å². The molecule has 1 aliphatic rings. The number of benzene rings is 1. The van der Waals surface area contributed by atoms with E-state index in [1.54, 1.807) is 0 Å². The fourth-order valence-corrected chi connectivity index (χ4v) is 2.08. The summed E-state index contributed by atoms with van der Waals surface area (Å²) in [5.41, 5.74) is 1.17. The Kier molecular flexibility index (Phi) is 5.21. The Hall–Kier alpha value is -1.55. The van der Waals surface area contributed by atoms with E-state index < -0.39 is 0 Å². The van der Waals surface area contributed by atoms with Crippen LogP contribution in [-0.4, -0.2) is 31.8 Å². The second kappa shape index (κ2) is 7.14. The van der Waals surface area contributed by atoms with E-state index >= 15 is 0 Å². The fraction of sp³-hybridized carbons (Fsp3) is 0.533. The maximum atomic E-state index is 11.6. The molecular formula is C15H21NO3. The zero-order valence-electron chi connectivity index (χ0n) is 11.4. The van der Waals surface area contributed by atoms with Crippen molar-refractivity contribution in [2.75, 3.05) is 19.8 Å². The summed E-state index contributed by atoms with van der Waals surface area (Å²) in [4.78, 5) is 11.6. The van der Waals surface area contributed by atoms with Crippen molar-refractivity contribution in [2.45, 2.75) is 32.3 Å². The molecule has 1 fully saturated rings. The molecule has 0 saturated carbocycles. The molecular weight excluding hydrogens is 242 g/mol. The quantitative estimate of drug-likeness (QED) is 0.854. The predicted octanol–water partition coefficient (Wildman–Crippen LogP) is 2.06. The van der Waals surface area contributed by atoms with Gasteiger partial charge >= 0.3 is 0 Å². The Bertz CT molecular complexity index is 396. The molecule has 0 spiro atoms. The highest BCUT2D eigenvalue weighted by Gasteiger charge is 2.15. The van der Waals surface area contributed by atoms with Gasteiger partial charge in [-0.1, -0.05) is 17.7 Å². The van der Waals surface area contributed by atoms with E-state index in [2.05, 4.69) is 5.32 Å². The van der Waals surface area contributed by atoms with Gasteiger partial charge in [0.05, 0.1) is 6.10 Å². The third-order valence-corrected chi connectivity index (χ3v) is 3.20. The number of ether oxygens (including phenoxy) is 2. The van der Waals surface area contributed by atoms with Crippen molar-refractivity contribution in [3.05, 3.63) is 29.8 Å². The largest absolute Gasteiger partial charge is 0.484 e. The van der Waals surface area contributed by atoms with Crippen molar-refractivity contribution in [3.63, 3.8) is 0 Å². The molecule has 1 atom stereocenters. The van der Waals surface area contributed by atoms with Crippen LogP contribution in [0.15, 0.2) is 24.3 Å². The highest BCUT2D eigenvalue weighted by molar-refractivity contribution is 5.77. The molecule has 104 valence electrons. The number of hydrogen-bond donors (Lipinski definition) is 1. The van der Waals surface area contributed by atoms with Crippen LogP contribution < -0.4 is 10.1 Å². The highest BCUT2D eigenvalue weighted by Crippen LogP contribution is 2.14. The standard InChI is InChI=1S/C15H21NO3/c1-12-4-6-14(7-5-12)19-11-15(17)16-9-8-13-3-2-10-18-13/h4-7,13H,2-3,8-11H2,1H3,(H,16,17). The molecule has 1 saturated heterocycles. The van der Waals surface area contributed by atoms with Crippen LogP contribution in [-0.2, 0) is 9.53 Å². The van der Waals surface area contributed by atoms with Gasteiger partial charge in [0.15, 0.2) is 6.61 Å². The maximum absolute atomic E-state index is 11.6. The smallest absolute Gasteiger partial charge is 0.257 e. The first-order valence-corrected chi connectivity index (χ1v) is 6.82. The number of carbonyl (C=O) groups is 1. The van der Waals surface area contributed by atoms with Gasteiger partial charge in [-0.2, -0.15) is 0 Å². The molecule has 19 heavy (non-hydrogen) atoms. The molecule has 1 aromatic rings. The normalized spacial score (nSPS) is 18.3. The molecule has 0 aliphatic carbocycles. The average Bonchev–Trinajstić information content (AvgIpc) is 2.91. The van der Waals surface area contributed by atoms with Gasteiger partial charge in [0, 0.05) is 13.2 Å². The molecule has 1 aliphatic heterocycles. The molecule has 1 aromatic carbocycles. The van der Waals surface area contributed by atoms with Crippen LogP contribution in [0.4, 0.5) is 0 Å². The van der Waals surface area contributed by atoms with E-state index in [1.807, 2.05) is 31.2 Å². The van der Waals surface area contributed by atoms with Crippen molar-refractivity contribution in [1.82, 2.24) is 5.32 Å². The minimum Gasteiger partial charge on any atom is -0.484 e. The van der Waals surface area contributed by atoms with E-state index in [0.29, 0.717) is 12.6 Å². The topological polar surface area (TPSA) is 47.6 Å². The number of amides is 1. The molecule has 1 heterocycles. The summed E-state index contributed by atoms with van der Waals surface area (Å²) >= 11 is 0. The lowest BCUT2D eigenvalue weighted by Crippen LogP contribution is -2.31. The van der Waals surface area contributed by atoms with Crippen molar-refractivity contribution in [1.29, 1.82) is 0 Å². The van der Waals surface area contributed by atoms with Gasteiger partial charge in [0.1, 0.15) is 5.75 Å². The molecule has 2 rings (SSSR count). The van der Waals surface area contributed by atoms with E-state index in [9.17, 15) is 4.79 Å². The summed E-state index contributed by atoms with van der Waals surface area (Å²) < 4.78 is 10.9. The van der Waals surface area contributed by atoms with Gasteiger partial charge in [-0.25, -0.2) is 0 Å². The lowest BCUT2D eigenvalue weighted by atomic mass is 10.2. The van der Waals surface area contributed by atoms with Crippen LogP contribution >= 0.6 is 0 Å². The maximum Gasteiger partial charge on any atom is 0.257 e. The first-order valence-electron chi connectivity index (χ1n) is 6.82. The second-order valence-corrected chi connectivity index (χ2v) is 4.88. The lowest BCUT2D eigenvalue weighted by molar-refractivity contribution is -0.123. The van der Waals surface area contributed by atoms with Crippen molar-refractivity contribution >= 4 is 5.91 Å². The molecule has 4 heteroatoms. The monoisotopic (exact) mass is 263 g/mol. The Morgan fingerprint density at radius 3 is 2.89 bits per heavy atom. The summed E-state index contributed by atoms with van der Waals surface area (Å²) in [6.07, 6.45) is 3.44. The van der Waals surface area contributed by atoms with Crippen LogP contribution in [0.1, 0.15) is 24.8 Å². The highest BCUT2D eigenvalue weighted by atomic mass is 16.5. The minimum atomic E-state index is -0.0847. The van der Waals surface area contributed by atoms with Crippen LogP contribution in [0.2, 0.25) is 0 Å². The van der Waals surface area contributed by atoms with Crippen LogP contribution in [0.3, 0.4) is 0 Å². The summed E-state index contributed by atoms with van der Waals surface area (Å²) in [6.45, 7) is 3.59. The average molecular weight is 263 g/mol. The zero-order chi connectivity index (χ0) is 13.5. The molecule has 1 N–H and O–H groups in total. The van der Waals surface area contributed by atoms with Crippen molar-refractivity contribution in [3.8, 4) is 5.75 Å². The molecule has 4 nitrogen and oxygen atoms in total. The van der Waals surface area contributed by atoms with Gasteiger partial charge in [-0.15, -0.1) is 0 Å². The number of hydrogen-bond acceptors (Lipinski definition) is 3. The summed E-state index contributed by atoms with van der Waals surface area (Å²) in [6, 6.07) is 7.67. The summed E-state index contributed by atoms with van der Waals surface area (Å²) in [5.74, 6) is 0.637. The van der Waals surface area contributed by atoms with Crippen molar-refractivity contribution < 1.29 is 14.3 Å². The SMILES string of the molecule is Cc1ccc(OCC(=O)NCCC2CCCO2)cc1. The van der Waals surface area contributed by atoms with E-state index in [1.165, 1.54) is 5.56 Å². The number of nitrogens with one attached hydrogen (secondary N) is 1. The molecule has 1 amide bonds. The summed E-state index contributed by atoms with van der Waals surface area (Å²) in [7, 11) is 0. The molecule has 1 unspecified atom stereocenters. The van der Waals surface area contributed by atoms with E-state index in [0.717, 1.165) is 31.6 Å². The number of rotatable bonds is 6. The molecule has 0 aromatic heterocycles. The van der Waals surface area contributed by atoms with Gasteiger partial charge < -0.3 is 14.8 Å². The Labute approximate surface area is 114 Å². The third kappa shape index (κ3) is 4.91. The zero-order valence-corrected chi connectivity index (χ0v) is 11.4. The van der Waals surface area contributed by atoms with Crippen LogP contribution in [0.5, 0.6) is 5.75 Å². The Morgan fingerprint density at radius 2 is 2.21 bits per heavy atom. The lowest BCUT2D eigenvalue weighted by Gasteiger charge is -2.10. The van der Waals surface area contributed by atoms with Gasteiger partial charge in [-0.05, 0) is 38.3 Å². The summed E-state index contributed by atoms with van der Waals surface area (Å²) in [5, 5.41) is 2.85. The van der Waals surface area contributed by atoms with Crippen molar-refractivity contribution in [2.24, 2.45) is 0 Å². The third-order valence-electron chi connectivity index (χ3n) is 3.20. The van der Waals surface area contributed by atoms with E-state index in [-0.39, 0.29) is 12.5 Å². The van der Waals surface area contributed by atoms with Gasteiger partial charge in [0.25, 0.3) is 5.91 Å². The minimum absolute atomic E-state index is 0.0641. The van der Waals surface area contributed by atoms with Gasteiger partial charge in [0.2, 0.25) is 0 Å². The Balaban J connectivity index is 1.60. The van der Waals surface area contributed by atoms with Crippen LogP contribution in [0, 0.1) is 6.92 Å². The predicted molar refractivity (Wildman–Crippen MR) is 73.3 cm³/mol. The number of aryl methyl sites for hydroxylation is 1. The fourth-order valence-electron chi connectivity index (χ4n) is 2.08. The molecule has 0 bridgehead atoms. The molecule has 0 radical (unpaired) electrons. The van der Waals surface area contributed by atoms with E-state index in [4.69, 9.17) is 9.47 Å². The number of carbonyl (C=O) groups excluding carboxylic acids is 1. The van der Waals surface area contributed by atoms with Gasteiger partial charge in [-0.3, -0.25) is 4.79 Å².